The standard InChI is InChI=1S/C25H27N5O6/c1-33-18-6-7-19-22(12-18)35-11-10-30-14-17(27-28-30)15-36-23-20(4-3-5-21(23)34-2)24(31)26-16-8-9-29(13-16)25(19)32/h3-7,12,14,16H,8-11,13,15H2,1-2H3,(H,26,31). The van der Waals surface area contributed by atoms with Crippen molar-refractivity contribution in [3.63, 3.8) is 0 Å². The molecule has 5 rings (SSSR count). The van der Waals surface area contributed by atoms with Crippen LogP contribution in [0.3, 0.4) is 0 Å². The second-order valence-electron chi connectivity index (χ2n) is 8.52. The Kier molecular flexibility index (Phi) is 6.61. The van der Waals surface area contributed by atoms with Gasteiger partial charge in [0, 0.05) is 25.2 Å². The number of carbonyl (C=O) groups excluding carboxylic acids is 2. The van der Waals surface area contributed by atoms with Crippen LogP contribution in [-0.2, 0) is 13.2 Å². The number of benzene rings is 2. The summed E-state index contributed by atoms with van der Waals surface area (Å²) in [6, 6.07) is 10.1. The summed E-state index contributed by atoms with van der Waals surface area (Å²) in [7, 11) is 3.08. The summed E-state index contributed by atoms with van der Waals surface area (Å²) in [5.41, 5.74) is 1.36. The van der Waals surface area contributed by atoms with E-state index in [-0.39, 0.29) is 31.1 Å². The minimum atomic E-state index is -0.304. The van der Waals surface area contributed by atoms with Crippen LogP contribution in [0, 0.1) is 0 Å². The fraction of sp³-hybridized carbons (Fsp3) is 0.360. The van der Waals surface area contributed by atoms with Crippen LogP contribution in [0.5, 0.6) is 23.0 Å². The molecule has 0 radical (unpaired) electrons. The maximum absolute atomic E-state index is 13.4. The monoisotopic (exact) mass is 493 g/mol. The molecule has 2 aliphatic rings. The number of methoxy groups -OCH3 is 2. The minimum Gasteiger partial charge on any atom is -0.497 e. The third-order valence-electron chi connectivity index (χ3n) is 6.20. The van der Waals surface area contributed by atoms with Crippen LogP contribution in [-0.4, -0.2) is 71.7 Å². The van der Waals surface area contributed by atoms with Gasteiger partial charge in [-0.05, 0) is 30.7 Å². The van der Waals surface area contributed by atoms with Crippen LogP contribution in [0.4, 0.5) is 0 Å². The second-order valence-corrected chi connectivity index (χ2v) is 8.52. The zero-order valence-electron chi connectivity index (χ0n) is 20.1. The highest BCUT2D eigenvalue weighted by molar-refractivity contribution is 5.99. The van der Waals surface area contributed by atoms with E-state index in [0.29, 0.717) is 65.9 Å². The van der Waals surface area contributed by atoms with Crippen LogP contribution in [0.25, 0.3) is 0 Å². The Morgan fingerprint density at radius 1 is 1.06 bits per heavy atom. The first-order valence-electron chi connectivity index (χ1n) is 11.7. The lowest BCUT2D eigenvalue weighted by atomic mass is 10.1. The molecule has 3 aromatic rings. The van der Waals surface area contributed by atoms with Crippen molar-refractivity contribution >= 4 is 11.8 Å². The molecule has 4 bridgehead atoms. The highest BCUT2D eigenvalue weighted by Gasteiger charge is 2.31. The molecule has 0 aliphatic carbocycles. The fourth-order valence-electron chi connectivity index (χ4n) is 4.34. The van der Waals surface area contributed by atoms with Crippen molar-refractivity contribution in [3.8, 4) is 23.0 Å². The first-order chi connectivity index (χ1) is 17.6. The molecule has 1 atom stereocenters. The summed E-state index contributed by atoms with van der Waals surface area (Å²) < 4.78 is 24.3. The topological polar surface area (TPSA) is 117 Å². The highest BCUT2D eigenvalue weighted by Crippen LogP contribution is 2.32. The average molecular weight is 494 g/mol. The number of carbonyl (C=O) groups is 2. The molecule has 11 nitrogen and oxygen atoms in total. The van der Waals surface area contributed by atoms with E-state index in [1.165, 1.54) is 7.11 Å². The molecular formula is C25H27N5O6. The Labute approximate surface area is 207 Å². The van der Waals surface area contributed by atoms with E-state index in [1.807, 2.05) is 0 Å². The molecule has 1 unspecified atom stereocenters. The molecule has 0 spiro atoms. The summed E-state index contributed by atoms with van der Waals surface area (Å²) in [5, 5.41) is 11.3. The van der Waals surface area contributed by atoms with Crippen LogP contribution in [0.1, 0.15) is 32.8 Å². The predicted molar refractivity (Wildman–Crippen MR) is 128 cm³/mol. The Morgan fingerprint density at radius 3 is 2.78 bits per heavy atom. The van der Waals surface area contributed by atoms with E-state index >= 15 is 0 Å². The molecule has 1 N–H and O–H groups in total. The number of nitrogens with one attached hydrogen (secondary N) is 1. The van der Waals surface area contributed by atoms with Gasteiger partial charge < -0.3 is 29.2 Å². The summed E-state index contributed by atoms with van der Waals surface area (Å²) in [6.45, 7) is 1.68. The predicted octanol–water partition coefficient (Wildman–Crippen LogP) is 1.91. The number of amides is 2. The number of hydrogen-bond donors (Lipinski definition) is 1. The molecule has 1 saturated heterocycles. The molecule has 2 aromatic carbocycles. The summed E-state index contributed by atoms with van der Waals surface area (Å²) in [5.74, 6) is 1.31. The van der Waals surface area contributed by atoms with Crippen molar-refractivity contribution in [2.75, 3.05) is 33.9 Å². The number of hydrogen-bond acceptors (Lipinski definition) is 8. The molecule has 188 valence electrons. The van der Waals surface area contributed by atoms with E-state index in [2.05, 4.69) is 15.6 Å². The Hall–Kier alpha value is -4.28. The average Bonchev–Trinajstić information content (AvgIpc) is 3.56. The van der Waals surface area contributed by atoms with Crippen LogP contribution < -0.4 is 24.3 Å². The van der Waals surface area contributed by atoms with Gasteiger partial charge in [-0.1, -0.05) is 11.3 Å². The van der Waals surface area contributed by atoms with Gasteiger partial charge in [-0.3, -0.25) is 9.59 Å². The van der Waals surface area contributed by atoms with Gasteiger partial charge in [0.15, 0.2) is 11.5 Å². The van der Waals surface area contributed by atoms with Gasteiger partial charge >= 0.3 is 0 Å². The van der Waals surface area contributed by atoms with Crippen LogP contribution in [0.15, 0.2) is 42.6 Å². The van der Waals surface area contributed by atoms with Crippen molar-refractivity contribution in [2.24, 2.45) is 0 Å². The summed E-state index contributed by atoms with van der Waals surface area (Å²) in [6.07, 6.45) is 2.37. The zero-order valence-corrected chi connectivity index (χ0v) is 20.1. The number of nitrogens with zero attached hydrogens (tertiary/aromatic N) is 4. The molecule has 3 heterocycles. The lowest BCUT2D eigenvalue weighted by Crippen LogP contribution is -2.38. The van der Waals surface area contributed by atoms with Crippen molar-refractivity contribution in [1.29, 1.82) is 0 Å². The Balaban J connectivity index is 1.47. The molecule has 1 fully saturated rings. The van der Waals surface area contributed by atoms with E-state index in [1.54, 1.807) is 59.3 Å². The van der Waals surface area contributed by atoms with E-state index in [9.17, 15) is 9.59 Å². The molecule has 11 heteroatoms. The zero-order chi connectivity index (χ0) is 25.1. The number of aromatic nitrogens is 3. The molecule has 2 amide bonds. The van der Waals surface area contributed by atoms with Crippen molar-refractivity contribution < 1.29 is 28.5 Å². The first-order valence-corrected chi connectivity index (χ1v) is 11.7. The lowest BCUT2D eigenvalue weighted by Gasteiger charge is -2.20. The van der Waals surface area contributed by atoms with Gasteiger partial charge in [-0.25, -0.2) is 4.68 Å². The maximum Gasteiger partial charge on any atom is 0.257 e. The van der Waals surface area contributed by atoms with E-state index < -0.39 is 0 Å². The van der Waals surface area contributed by atoms with Crippen molar-refractivity contribution in [1.82, 2.24) is 25.2 Å². The van der Waals surface area contributed by atoms with Gasteiger partial charge in [-0.15, -0.1) is 5.10 Å². The SMILES string of the molecule is COc1ccc2c(c1)OCCn1cc(nn1)COc1c(OC)cccc1C(=O)NC1CCN(C1)C2=O. The van der Waals surface area contributed by atoms with Gasteiger partial charge in [0.1, 0.15) is 30.4 Å². The third kappa shape index (κ3) is 4.77. The molecule has 2 aliphatic heterocycles. The number of para-hydroxylation sites is 1. The van der Waals surface area contributed by atoms with Crippen LogP contribution >= 0.6 is 0 Å². The minimum absolute atomic E-state index is 0.104. The number of rotatable bonds is 2. The van der Waals surface area contributed by atoms with Gasteiger partial charge in [0.05, 0.1) is 38.1 Å². The maximum atomic E-state index is 13.4. The fourth-order valence-corrected chi connectivity index (χ4v) is 4.34. The van der Waals surface area contributed by atoms with Gasteiger partial charge in [0.2, 0.25) is 0 Å². The molecular weight excluding hydrogens is 466 g/mol. The molecule has 1 aromatic heterocycles. The quantitative estimate of drug-likeness (QED) is 0.576. The van der Waals surface area contributed by atoms with Gasteiger partial charge in [-0.2, -0.15) is 0 Å². The Morgan fingerprint density at radius 2 is 1.94 bits per heavy atom. The van der Waals surface area contributed by atoms with Crippen molar-refractivity contribution in [2.45, 2.75) is 25.6 Å². The normalized spacial score (nSPS) is 18.1. The van der Waals surface area contributed by atoms with Crippen LogP contribution in [0.2, 0.25) is 0 Å². The van der Waals surface area contributed by atoms with E-state index in [4.69, 9.17) is 18.9 Å². The second kappa shape index (κ2) is 10.1. The first kappa shape index (κ1) is 23.5. The van der Waals surface area contributed by atoms with Crippen molar-refractivity contribution in [3.05, 3.63) is 59.4 Å². The number of fused-ring (bicyclic) bond motifs is 6. The Bertz CT molecular complexity index is 1280. The summed E-state index contributed by atoms with van der Waals surface area (Å²) >= 11 is 0. The number of ether oxygens (including phenoxy) is 4. The molecule has 0 saturated carbocycles. The van der Waals surface area contributed by atoms with E-state index in [0.717, 1.165) is 0 Å². The third-order valence-corrected chi connectivity index (χ3v) is 6.20. The van der Waals surface area contributed by atoms with Gasteiger partial charge in [0.25, 0.3) is 11.8 Å². The highest BCUT2D eigenvalue weighted by atomic mass is 16.5. The largest absolute Gasteiger partial charge is 0.497 e. The summed E-state index contributed by atoms with van der Waals surface area (Å²) in [4.78, 5) is 28.3. The molecule has 36 heavy (non-hydrogen) atoms. The smallest absolute Gasteiger partial charge is 0.257 e. The lowest BCUT2D eigenvalue weighted by molar-refractivity contribution is 0.0778.